The molecule has 0 aliphatic rings. The monoisotopic (exact) mass is 701 g/mol. The van der Waals surface area contributed by atoms with E-state index in [-0.39, 0.29) is 0 Å². The fourth-order valence-corrected chi connectivity index (χ4v) is 7.69. The molecule has 2 heterocycles. The van der Waals surface area contributed by atoms with E-state index in [0.717, 1.165) is 44.8 Å². The zero-order chi connectivity index (χ0) is 36.6. The van der Waals surface area contributed by atoms with Crippen LogP contribution in [0.25, 0.3) is 94.8 Å². The number of fused-ring (bicyclic) bond motifs is 3. The van der Waals surface area contributed by atoms with Crippen molar-refractivity contribution in [2.75, 3.05) is 0 Å². The smallest absolute Gasteiger partial charge is 0.160 e. The standard InChI is InChI=1S/C52H35N3/c1-5-16-36(17-6-1)42-30-43(37-18-7-2-8-19-37)32-44(31-42)40-28-29-47-46-26-13-14-27-50(46)55(51(47)34-40)45-25-15-24-41(33-45)49-35-48(38-20-9-3-10-21-38)53-52(54-49)39-22-11-4-12-23-39/h1-35H. The van der Waals surface area contributed by atoms with Crippen molar-refractivity contribution in [3.8, 4) is 73.0 Å². The lowest BCUT2D eigenvalue weighted by Gasteiger charge is -2.14. The van der Waals surface area contributed by atoms with Crippen LogP contribution in [0.4, 0.5) is 0 Å². The number of nitrogens with zero attached hydrogens (tertiary/aromatic N) is 3. The van der Waals surface area contributed by atoms with Gasteiger partial charge in [0, 0.05) is 33.2 Å². The van der Waals surface area contributed by atoms with Gasteiger partial charge in [0.1, 0.15) is 0 Å². The SMILES string of the molecule is c1ccc(-c2cc(-c3ccccc3)cc(-c3ccc4c5ccccc5n(-c5cccc(-c6cc(-c7ccccc7)nc(-c7ccccc7)n6)c5)c4c3)c2)cc1. The lowest BCUT2D eigenvalue weighted by molar-refractivity contribution is 1.16. The first-order valence-corrected chi connectivity index (χ1v) is 18.7. The van der Waals surface area contributed by atoms with E-state index in [9.17, 15) is 0 Å². The van der Waals surface area contributed by atoms with Gasteiger partial charge < -0.3 is 4.57 Å². The Morgan fingerprint density at radius 3 is 1.40 bits per heavy atom. The molecule has 0 spiro atoms. The van der Waals surface area contributed by atoms with Gasteiger partial charge in [-0.15, -0.1) is 0 Å². The second kappa shape index (κ2) is 13.9. The zero-order valence-corrected chi connectivity index (χ0v) is 30.0. The van der Waals surface area contributed by atoms with Crippen LogP contribution in [0.3, 0.4) is 0 Å². The minimum absolute atomic E-state index is 0.705. The Bertz CT molecular complexity index is 2840. The molecule has 0 bridgehead atoms. The Morgan fingerprint density at radius 1 is 0.273 bits per heavy atom. The first-order chi connectivity index (χ1) is 27.2. The summed E-state index contributed by atoms with van der Waals surface area (Å²) in [5.41, 5.74) is 15.4. The summed E-state index contributed by atoms with van der Waals surface area (Å²) in [5.74, 6) is 0.705. The maximum absolute atomic E-state index is 5.15. The van der Waals surface area contributed by atoms with Crippen molar-refractivity contribution in [2.45, 2.75) is 0 Å². The van der Waals surface area contributed by atoms with E-state index in [0.29, 0.717) is 5.82 Å². The van der Waals surface area contributed by atoms with Crippen molar-refractivity contribution in [1.29, 1.82) is 0 Å². The van der Waals surface area contributed by atoms with Crippen LogP contribution < -0.4 is 0 Å². The molecule has 55 heavy (non-hydrogen) atoms. The third-order valence-electron chi connectivity index (χ3n) is 10.4. The molecule has 0 aliphatic carbocycles. The van der Waals surface area contributed by atoms with Crippen LogP contribution in [0.5, 0.6) is 0 Å². The molecule has 0 atom stereocenters. The topological polar surface area (TPSA) is 30.7 Å². The second-order valence-electron chi connectivity index (χ2n) is 13.9. The van der Waals surface area contributed by atoms with Gasteiger partial charge in [-0.25, -0.2) is 9.97 Å². The molecule has 0 aliphatic heterocycles. The number of para-hydroxylation sites is 1. The van der Waals surface area contributed by atoms with Gasteiger partial charge in [0.25, 0.3) is 0 Å². The van der Waals surface area contributed by atoms with Crippen LogP contribution in [-0.4, -0.2) is 14.5 Å². The van der Waals surface area contributed by atoms with Crippen LogP contribution in [0.2, 0.25) is 0 Å². The molecular formula is C52H35N3. The summed E-state index contributed by atoms with van der Waals surface area (Å²) in [6.45, 7) is 0. The highest BCUT2D eigenvalue weighted by atomic mass is 15.0. The van der Waals surface area contributed by atoms with Gasteiger partial charge in [-0.1, -0.05) is 164 Å². The zero-order valence-electron chi connectivity index (χ0n) is 30.0. The second-order valence-corrected chi connectivity index (χ2v) is 13.9. The minimum atomic E-state index is 0.705. The molecule has 0 saturated heterocycles. The quantitative estimate of drug-likeness (QED) is 0.166. The van der Waals surface area contributed by atoms with Crippen molar-refractivity contribution < 1.29 is 0 Å². The molecular weight excluding hydrogens is 667 g/mol. The normalized spacial score (nSPS) is 11.3. The summed E-state index contributed by atoms with van der Waals surface area (Å²) < 4.78 is 2.40. The highest BCUT2D eigenvalue weighted by molar-refractivity contribution is 6.10. The lowest BCUT2D eigenvalue weighted by atomic mass is 9.93. The van der Waals surface area contributed by atoms with Gasteiger partial charge in [-0.2, -0.15) is 0 Å². The molecule has 2 aromatic heterocycles. The molecule has 0 amide bonds. The first-order valence-electron chi connectivity index (χ1n) is 18.7. The predicted molar refractivity (Wildman–Crippen MR) is 229 cm³/mol. The molecule has 3 nitrogen and oxygen atoms in total. The predicted octanol–water partition coefficient (Wildman–Crippen LogP) is 13.6. The summed E-state index contributed by atoms with van der Waals surface area (Å²) in [5, 5.41) is 2.43. The number of benzene rings is 8. The van der Waals surface area contributed by atoms with Gasteiger partial charge in [-0.05, 0) is 81.9 Å². The average Bonchev–Trinajstić information content (AvgIpc) is 3.61. The van der Waals surface area contributed by atoms with E-state index in [1.54, 1.807) is 0 Å². The molecule has 258 valence electrons. The summed E-state index contributed by atoms with van der Waals surface area (Å²) in [7, 11) is 0. The minimum Gasteiger partial charge on any atom is -0.309 e. The number of hydrogen-bond donors (Lipinski definition) is 0. The third kappa shape index (κ3) is 6.18. The summed E-state index contributed by atoms with van der Waals surface area (Å²) in [6, 6.07) is 75.3. The molecule has 0 unspecified atom stereocenters. The van der Waals surface area contributed by atoms with Crippen LogP contribution >= 0.6 is 0 Å². The van der Waals surface area contributed by atoms with E-state index in [2.05, 4.69) is 193 Å². The fourth-order valence-electron chi connectivity index (χ4n) is 7.69. The van der Waals surface area contributed by atoms with Gasteiger partial charge in [0.2, 0.25) is 0 Å². The molecule has 0 fully saturated rings. The van der Waals surface area contributed by atoms with Crippen molar-refractivity contribution in [1.82, 2.24) is 14.5 Å². The summed E-state index contributed by atoms with van der Waals surface area (Å²) >= 11 is 0. The van der Waals surface area contributed by atoms with E-state index in [1.807, 2.05) is 24.3 Å². The first kappa shape index (κ1) is 32.3. The van der Waals surface area contributed by atoms with Gasteiger partial charge >= 0.3 is 0 Å². The van der Waals surface area contributed by atoms with Crippen molar-refractivity contribution >= 4 is 21.8 Å². The Kier molecular flexibility index (Phi) is 8.16. The van der Waals surface area contributed by atoms with E-state index >= 15 is 0 Å². The third-order valence-corrected chi connectivity index (χ3v) is 10.4. The Labute approximate surface area is 320 Å². The maximum atomic E-state index is 5.15. The fraction of sp³-hybridized carbons (Fsp3) is 0. The molecule has 8 aromatic carbocycles. The molecule has 3 heteroatoms. The maximum Gasteiger partial charge on any atom is 0.160 e. The van der Waals surface area contributed by atoms with Crippen LogP contribution in [0.15, 0.2) is 212 Å². The molecule has 10 rings (SSSR count). The molecule has 0 saturated carbocycles. The van der Waals surface area contributed by atoms with E-state index in [1.165, 1.54) is 44.2 Å². The van der Waals surface area contributed by atoms with E-state index in [4.69, 9.17) is 9.97 Å². The number of aromatic nitrogens is 3. The molecule has 0 radical (unpaired) electrons. The Balaban J connectivity index is 1.15. The number of hydrogen-bond acceptors (Lipinski definition) is 2. The highest BCUT2D eigenvalue weighted by Crippen LogP contribution is 2.38. The van der Waals surface area contributed by atoms with Gasteiger partial charge in [-0.3, -0.25) is 0 Å². The largest absolute Gasteiger partial charge is 0.309 e. The average molecular weight is 702 g/mol. The number of rotatable bonds is 7. The van der Waals surface area contributed by atoms with Crippen LogP contribution in [0.1, 0.15) is 0 Å². The van der Waals surface area contributed by atoms with Gasteiger partial charge in [0.05, 0.1) is 22.4 Å². The Morgan fingerprint density at radius 2 is 0.764 bits per heavy atom. The van der Waals surface area contributed by atoms with Gasteiger partial charge in [0.15, 0.2) is 5.82 Å². The van der Waals surface area contributed by atoms with Crippen LogP contribution in [0, 0.1) is 0 Å². The summed E-state index contributed by atoms with van der Waals surface area (Å²) in [6.07, 6.45) is 0. The van der Waals surface area contributed by atoms with Crippen molar-refractivity contribution in [2.24, 2.45) is 0 Å². The molecule has 10 aromatic rings. The highest BCUT2D eigenvalue weighted by Gasteiger charge is 2.16. The van der Waals surface area contributed by atoms with E-state index < -0.39 is 0 Å². The summed E-state index contributed by atoms with van der Waals surface area (Å²) in [4.78, 5) is 10.2. The Hall–Kier alpha value is -7.36. The van der Waals surface area contributed by atoms with Crippen molar-refractivity contribution in [3.05, 3.63) is 212 Å². The lowest BCUT2D eigenvalue weighted by Crippen LogP contribution is -1.98. The van der Waals surface area contributed by atoms with Crippen molar-refractivity contribution in [3.63, 3.8) is 0 Å². The molecule has 0 N–H and O–H groups in total. The van der Waals surface area contributed by atoms with Crippen LogP contribution in [-0.2, 0) is 0 Å².